The average Bonchev–Trinajstić information content (AvgIpc) is 3.72. The first kappa shape index (κ1) is 21.9. The molecule has 0 spiro atoms. The summed E-state index contributed by atoms with van der Waals surface area (Å²) < 4.78 is 4.69. The van der Waals surface area contributed by atoms with E-state index in [0.29, 0.717) is 23.3 Å². The molecule has 1 radical (unpaired) electrons. The van der Waals surface area contributed by atoms with E-state index in [0.717, 1.165) is 66.4 Å². The second-order valence-corrected chi connectivity index (χ2v) is 13.9. The summed E-state index contributed by atoms with van der Waals surface area (Å²) in [6.45, 7) is 0. The molecule has 4 aromatic carbocycles. The predicted molar refractivity (Wildman–Crippen MR) is 161 cm³/mol. The summed E-state index contributed by atoms with van der Waals surface area (Å²) in [5, 5.41) is 4.21. The van der Waals surface area contributed by atoms with Crippen LogP contribution in [0.4, 0.5) is 11.6 Å². The van der Waals surface area contributed by atoms with Crippen LogP contribution >= 0.6 is 0 Å². The molecule has 0 atom stereocenters. The van der Waals surface area contributed by atoms with Crippen molar-refractivity contribution in [3.05, 3.63) is 130 Å². The second kappa shape index (κ2) is 7.86. The van der Waals surface area contributed by atoms with Crippen LogP contribution in [-0.2, 0) is 0 Å². The Hall–Kier alpha value is -4.89. The van der Waals surface area contributed by atoms with Gasteiger partial charge in [0.2, 0.25) is 0 Å². The molecular weight excluding hydrogens is 611 g/mol. The standard InChI is InChI=1S/C32H16N8.In/c1-2-10-18-17(9-1)25-33-26(18)38-28-21-13-5-6-14-22(21)30(35-28)40-32-24-16-8-7-15-23(24)31(36-32)39-29-20-12-4-3-11-19(20)27(34-29)37-25;/h1-16H;/q-2;+2. The molecule has 0 saturated carbocycles. The number of hydrogen-bond acceptors (Lipinski definition) is 6. The van der Waals surface area contributed by atoms with Gasteiger partial charge in [-0.15, -0.1) is 0 Å². The number of benzene rings is 4. The molecule has 6 aromatic rings. The van der Waals surface area contributed by atoms with Gasteiger partial charge in [0.1, 0.15) is 0 Å². The summed E-state index contributed by atoms with van der Waals surface area (Å²) in [4.78, 5) is 31.1. The Kier molecular flexibility index (Phi) is 4.19. The first-order valence-electron chi connectivity index (χ1n) is 13.4. The minimum atomic E-state index is -2.00. The van der Waals surface area contributed by atoms with Crippen LogP contribution in [0.15, 0.2) is 127 Å². The van der Waals surface area contributed by atoms with Gasteiger partial charge in [-0.1, -0.05) is 0 Å². The van der Waals surface area contributed by atoms with Gasteiger partial charge in [0.15, 0.2) is 0 Å². The first-order chi connectivity index (χ1) is 20.3. The van der Waals surface area contributed by atoms with Crippen LogP contribution < -0.4 is 11.0 Å². The van der Waals surface area contributed by atoms with Crippen molar-refractivity contribution in [2.45, 2.75) is 0 Å². The quantitative estimate of drug-likeness (QED) is 0.238. The van der Waals surface area contributed by atoms with Gasteiger partial charge in [0.25, 0.3) is 0 Å². The van der Waals surface area contributed by atoms with Gasteiger partial charge in [-0.25, -0.2) is 0 Å². The molecule has 41 heavy (non-hydrogen) atoms. The monoisotopic (exact) mass is 627 g/mol. The molecule has 0 unspecified atom stereocenters. The van der Waals surface area contributed by atoms with Crippen molar-refractivity contribution in [2.24, 2.45) is 30.0 Å². The van der Waals surface area contributed by atoms with Crippen LogP contribution in [0.1, 0.15) is 22.3 Å². The molecule has 0 N–H and O–H groups in total. The molecule has 4 aliphatic rings. The Bertz CT molecular complexity index is 2290. The van der Waals surface area contributed by atoms with Gasteiger partial charge in [-0.3, -0.25) is 0 Å². The van der Waals surface area contributed by atoms with E-state index >= 15 is 0 Å². The van der Waals surface area contributed by atoms with Gasteiger partial charge in [-0.2, -0.15) is 0 Å². The number of aromatic nitrogens is 2. The van der Waals surface area contributed by atoms with Gasteiger partial charge >= 0.3 is 245 Å². The molecule has 2 aromatic heterocycles. The number of fused-ring (bicyclic) bond motifs is 14. The summed E-state index contributed by atoms with van der Waals surface area (Å²) in [7, 11) is 0. The summed E-state index contributed by atoms with van der Waals surface area (Å²) in [6, 6.07) is 33.2. The van der Waals surface area contributed by atoms with E-state index in [1.165, 1.54) is 0 Å². The van der Waals surface area contributed by atoms with Crippen LogP contribution in [-0.4, -0.2) is 51.9 Å². The molecule has 10 rings (SSSR count). The average molecular weight is 627 g/mol. The van der Waals surface area contributed by atoms with Crippen LogP contribution in [0, 0.1) is 0 Å². The maximum absolute atomic E-state index is 5.27. The summed E-state index contributed by atoms with van der Waals surface area (Å²) >= 11 is -2.00. The number of aliphatic imine (C=N–C) groups is 4. The third-order valence-electron chi connectivity index (χ3n) is 8.05. The number of nitrogens with zero attached hydrogens (tertiary/aromatic N) is 8. The molecule has 8 nitrogen and oxygen atoms in total. The third kappa shape index (κ3) is 2.90. The predicted octanol–water partition coefficient (Wildman–Crippen LogP) is 4.47. The number of amidine groups is 4. The van der Waals surface area contributed by atoms with Gasteiger partial charge in [-0.05, 0) is 0 Å². The van der Waals surface area contributed by atoms with E-state index in [1.807, 2.05) is 24.3 Å². The Morgan fingerprint density at radius 2 is 0.732 bits per heavy atom. The van der Waals surface area contributed by atoms with Crippen molar-refractivity contribution >= 4 is 80.0 Å². The zero-order valence-corrected chi connectivity index (χ0v) is 24.7. The van der Waals surface area contributed by atoms with Crippen LogP contribution in [0.25, 0.3) is 21.5 Å². The Balaban J connectivity index is 1.48. The Labute approximate surface area is 244 Å². The zero-order chi connectivity index (χ0) is 26.7. The van der Waals surface area contributed by atoms with Crippen LogP contribution in [0.5, 0.6) is 0 Å². The van der Waals surface area contributed by atoms with Crippen molar-refractivity contribution < 1.29 is 0 Å². The first-order valence-corrected chi connectivity index (χ1v) is 16.4. The third-order valence-corrected chi connectivity index (χ3v) is 12.2. The van der Waals surface area contributed by atoms with Gasteiger partial charge < -0.3 is 0 Å². The fraction of sp³-hybridized carbons (Fsp3) is 0. The SMILES string of the molecule is c1ccc2c(c1)C1=NC2=Nc2c3ccccc3c3[n]2[In][n]2c(c4ccccc4c2=NC2=NC(=N3)c3ccccc32)=N1. The van der Waals surface area contributed by atoms with Gasteiger partial charge in [0.05, 0.1) is 0 Å². The zero-order valence-electron chi connectivity index (χ0n) is 21.4. The normalized spacial score (nSPS) is 15.5. The Morgan fingerprint density at radius 3 is 1.17 bits per heavy atom. The number of rotatable bonds is 0. The van der Waals surface area contributed by atoms with E-state index < -0.39 is 23.5 Å². The fourth-order valence-corrected chi connectivity index (χ4v) is 10.3. The molecule has 0 aliphatic carbocycles. The second-order valence-electron chi connectivity index (χ2n) is 10.3. The van der Waals surface area contributed by atoms with Gasteiger partial charge in [0, 0.05) is 0 Å². The van der Waals surface area contributed by atoms with E-state index in [2.05, 4.69) is 77.9 Å². The Morgan fingerprint density at radius 1 is 0.366 bits per heavy atom. The summed E-state index contributed by atoms with van der Waals surface area (Å²) in [5.41, 5.74) is 5.70. The molecule has 6 heterocycles. The molecule has 0 fully saturated rings. The van der Waals surface area contributed by atoms with E-state index in [9.17, 15) is 0 Å². The topological polar surface area (TPSA) is 84.0 Å². The molecular formula is C32H16InN8. The molecule has 6 bridgehead atoms. The molecule has 0 saturated heterocycles. The fourth-order valence-electron chi connectivity index (χ4n) is 6.19. The van der Waals surface area contributed by atoms with Crippen molar-refractivity contribution in [3.8, 4) is 0 Å². The maximum atomic E-state index is 5.27. The van der Waals surface area contributed by atoms with Crippen LogP contribution in [0.3, 0.4) is 0 Å². The van der Waals surface area contributed by atoms with Crippen molar-refractivity contribution in [2.75, 3.05) is 0 Å². The molecule has 0 amide bonds. The van der Waals surface area contributed by atoms with E-state index in [-0.39, 0.29) is 0 Å². The minimum absolute atomic E-state index is 0.679. The molecule has 9 heteroatoms. The summed E-state index contributed by atoms with van der Waals surface area (Å²) in [6.07, 6.45) is 0. The van der Waals surface area contributed by atoms with E-state index in [1.54, 1.807) is 0 Å². The van der Waals surface area contributed by atoms with E-state index in [4.69, 9.17) is 30.0 Å². The summed E-state index contributed by atoms with van der Waals surface area (Å²) in [5.74, 6) is 4.47. The van der Waals surface area contributed by atoms with Crippen molar-refractivity contribution in [1.82, 2.24) is 5.11 Å². The van der Waals surface area contributed by atoms with Crippen molar-refractivity contribution in [3.63, 3.8) is 0 Å². The van der Waals surface area contributed by atoms with Crippen LogP contribution in [0.2, 0.25) is 0 Å². The molecule has 187 valence electrons. The molecule has 4 aliphatic heterocycles. The number of hydrogen-bond donors (Lipinski definition) is 0. The van der Waals surface area contributed by atoms with Crippen molar-refractivity contribution in [1.29, 1.82) is 0 Å².